The Balaban J connectivity index is 1.86. The second-order valence-electron chi connectivity index (χ2n) is 6.22. The molecule has 2 rings (SSSR count). The van der Waals surface area contributed by atoms with Gasteiger partial charge in [0, 0.05) is 11.7 Å². The minimum Gasteiger partial charge on any atom is -0.352 e. The Morgan fingerprint density at radius 1 is 1.27 bits per heavy atom. The predicted octanol–water partition coefficient (Wildman–Crippen LogP) is 1.84. The van der Waals surface area contributed by atoms with Gasteiger partial charge in [0.05, 0.1) is 12.6 Å². The molecule has 0 heterocycles. The van der Waals surface area contributed by atoms with E-state index in [2.05, 4.69) is 10.6 Å². The van der Waals surface area contributed by atoms with Crippen molar-refractivity contribution in [3.63, 3.8) is 0 Å². The maximum absolute atomic E-state index is 12.3. The van der Waals surface area contributed by atoms with Crippen LogP contribution in [0.15, 0.2) is 18.2 Å². The highest BCUT2D eigenvalue weighted by Gasteiger charge is 2.25. The van der Waals surface area contributed by atoms with E-state index >= 15 is 0 Å². The highest BCUT2D eigenvalue weighted by Crippen LogP contribution is 2.18. The highest BCUT2D eigenvalue weighted by molar-refractivity contribution is 5.95. The van der Waals surface area contributed by atoms with Crippen LogP contribution in [-0.2, 0) is 9.59 Å². The van der Waals surface area contributed by atoms with Gasteiger partial charge in [0.1, 0.15) is 0 Å². The van der Waals surface area contributed by atoms with E-state index in [4.69, 9.17) is 0 Å². The molecule has 22 heavy (non-hydrogen) atoms. The van der Waals surface area contributed by atoms with Crippen molar-refractivity contribution in [1.82, 2.24) is 10.2 Å². The minimum absolute atomic E-state index is 0.0177. The first kappa shape index (κ1) is 16.5. The molecular weight excluding hydrogens is 278 g/mol. The first-order valence-corrected chi connectivity index (χ1v) is 7.74. The molecule has 2 N–H and O–H groups in total. The summed E-state index contributed by atoms with van der Waals surface area (Å²) in [5.41, 5.74) is 3.12. The summed E-state index contributed by atoms with van der Waals surface area (Å²) < 4.78 is 0. The van der Waals surface area contributed by atoms with Crippen molar-refractivity contribution in [3.8, 4) is 0 Å². The summed E-state index contributed by atoms with van der Waals surface area (Å²) in [5, 5.41) is 5.83. The number of hydrogen-bond donors (Lipinski definition) is 2. The Hall–Kier alpha value is -1.88. The molecule has 1 aliphatic carbocycles. The van der Waals surface area contributed by atoms with Crippen molar-refractivity contribution in [3.05, 3.63) is 29.3 Å². The summed E-state index contributed by atoms with van der Waals surface area (Å²) in [6.07, 6.45) is 2.14. The highest BCUT2D eigenvalue weighted by atomic mass is 16.2. The molecule has 0 radical (unpaired) electrons. The first-order valence-electron chi connectivity index (χ1n) is 7.74. The lowest BCUT2D eigenvalue weighted by atomic mass is 10.1. The van der Waals surface area contributed by atoms with Crippen LogP contribution in [-0.4, -0.2) is 42.4 Å². The van der Waals surface area contributed by atoms with Crippen LogP contribution in [0.5, 0.6) is 0 Å². The Bertz CT molecular complexity index is 567. The van der Waals surface area contributed by atoms with Crippen molar-refractivity contribution in [2.75, 3.05) is 18.9 Å². The van der Waals surface area contributed by atoms with Gasteiger partial charge in [0.25, 0.3) is 0 Å². The number of rotatable bonds is 6. The molecule has 0 saturated heterocycles. The van der Waals surface area contributed by atoms with Gasteiger partial charge in [-0.05, 0) is 63.9 Å². The topological polar surface area (TPSA) is 61.4 Å². The van der Waals surface area contributed by atoms with Crippen molar-refractivity contribution >= 4 is 17.5 Å². The molecular formula is C17H25N3O2. The molecule has 1 unspecified atom stereocenters. The number of carbonyl (C=O) groups excluding carboxylic acids is 2. The van der Waals surface area contributed by atoms with E-state index in [-0.39, 0.29) is 24.4 Å². The second-order valence-corrected chi connectivity index (χ2v) is 6.22. The van der Waals surface area contributed by atoms with Gasteiger partial charge < -0.3 is 10.6 Å². The number of nitrogens with zero attached hydrogens (tertiary/aromatic N) is 1. The number of likely N-dealkylation sites (N-methyl/N-ethyl adjacent to an activating group) is 1. The normalized spacial score (nSPS) is 15.5. The number of aryl methyl sites for hydroxylation is 2. The maximum Gasteiger partial charge on any atom is 0.241 e. The molecule has 5 nitrogen and oxygen atoms in total. The van der Waals surface area contributed by atoms with E-state index in [9.17, 15) is 9.59 Å². The van der Waals surface area contributed by atoms with E-state index in [0.717, 1.165) is 24.1 Å². The zero-order valence-corrected chi connectivity index (χ0v) is 13.8. The summed E-state index contributed by atoms with van der Waals surface area (Å²) in [4.78, 5) is 25.8. The molecule has 120 valence electrons. The molecule has 5 heteroatoms. The van der Waals surface area contributed by atoms with Gasteiger partial charge in [-0.1, -0.05) is 6.07 Å². The van der Waals surface area contributed by atoms with Crippen LogP contribution in [0.4, 0.5) is 5.69 Å². The van der Waals surface area contributed by atoms with Crippen molar-refractivity contribution in [1.29, 1.82) is 0 Å². The van der Waals surface area contributed by atoms with Crippen LogP contribution in [0.2, 0.25) is 0 Å². The fourth-order valence-electron chi connectivity index (χ4n) is 2.13. The van der Waals surface area contributed by atoms with Gasteiger partial charge >= 0.3 is 0 Å². The van der Waals surface area contributed by atoms with Gasteiger partial charge in [-0.25, -0.2) is 0 Å². The monoisotopic (exact) mass is 303 g/mol. The van der Waals surface area contributed by atoms with Crippen LogP contribution < -0.4 is 10.6 Å². The molecule has 1 atom stereocenters. The molecule has 0 aliphatic heterocycles. The first-order chi connectivity index (χ1) is 10.4. The zero-order chi connectivity index (χ0) is 16.3. The largest absolute Gasteiger partial charge is 0.352 e. The lowest BCUT2D eigenvalue weighted by molar-refractivity contribution is -0.124. The third-order valence-corrected chi connectivity index (χ3v) is 4.15. The lowest BCUT2D eigenvalue weighted by Crippen LogP contribution is -2.45. The molecule has 1 aromatic rings. The number of carbonyl (C=O) groups is 2. The van der Waals surface area contributed by atoms with Crippen LogP contribution in [0.1, 0.15) is 30.9 Å². The predicted molar refractivity (Wildman–Crippen MR) is 87.8 cm³/mol. The zero-order valence-electron chi connectivity index (χ0n) is 13.8. The fraction of sp³-hybridized carbons (Fsp3) is 0.529. The summed E-state index contributed by atoms with van der Waals surface area (Å²) >= 11 is 0. The molecule has 2 amide bonds. The Morgan fingerprint density at radius 2 is 1.95 bits per heavy atom. The Morgan fingerprint density at radius 3 is 2.55 bits per heavy atom. The van der Waals surface area contributed by atoms with Gasteiger partial charge in [-0.3, -0.25) is 14.5 Å². The molecule has 0 aromatic heterocycles. The van der Waals surface area contributed by atoms with E-state index in [1.54, 1.807) is 18.9 Å². The average Bonchev–Trinajstić information content (AvgIpc) is 3.25. The smallest absolute Gasteiger partial charge is 0.241 e. The van der Waals surface area contributed by atoms with E-state index in [1.807, 2.05) is 32.0 Å². The van der Waals surface area contributed by atoms with E-state index < -0.39 is 0 Å². The van der Waals surface area contributed by atoms with Crippen LogP contribution in [0, 0.1) is 13.8 Å². The van der Waals surface area contributed by atoms with Crippen LogP contribution in [0.3, 0.4) is 0 Å². The van der Waals surface area contributed by atoms with Gasteiger partial charge in [-0.15, -0.1) is 0 Å². The maximum atomic E-state index is 12.3. The molecule has 1 fully saturated rings. The summed E-state index contributed by atoms with van der Waals surface area (Å²) in [5.74, 6) is -0.124. The lowest BCUT2D eigenvalue weighted by Gasteiger charge is -2.23. The van der Waals surface area contributed by atoms with Crippen LogP contribution >= 0.6 is 0 Å². The number of anilines is 1. The van der Waals surface area contributed by atoms with Crippen molar-refractivity contribution in [2.45, 2.75) is 45.7 Å². The van der Waals surface area contributed by atoms with Crippen molar-refractivity contribution in [2.24, 2.45) is 0 Å². The third kappa shape index (κ3) is 4.56. The number of nitrogens with one attached hydrogen (secondary N) is 2. The molecule has 1 aromatic carbocycles. The Kier molecular flexibility index (Phi) is 5.19. The Labute approximate surface area is 132 Å². The molecule has 1 aliphatic rings. The standard InChI is InChI=1S/C17H25N3O2/c1-11-5-6-15(9-12(11)2)19-17(22)13(3)20(4)10-16(21)18-14-7-8-14/h5-6,9,13-14H,7-8,10H2,1-4H3,(H,18,21)(H,19,22). The number of amides is 2. The van der Waals surface area contributed by atoms with Crippen LogP contribution in [0.25, 0.3) is 0 Å². The third-order valence-electron chi connectivity index (χ3n) is 4.15. The van der Waals surface area contributed by atoms with E-state index in [1.165, 1.54) is 5.56 Å². The fourth-order valence-corrected chi connectivity index (χ4v) is 2.13. The second kappa shape index (κ2) is 6.92. The average molecular weight is 303 g/mol. The quantitative estimate of drug-likeness (QED) is 0.843. The molecule has 0 spiro atoms. The van der Waals surface area contributed by atoms with Gasteiger partial charge in [0.15, 0.2) is 0 Å². The number of hydrogen-bond acceptors (Lipinski definition) is 3. The van der Waals surface area contributed by atoms with Crippen molar-refractivity contribution < 1.29 is 9.59 Å². The van der Waals surface area contributed by atoms with Gasteiger partial charge in [-0.2, -0.15) is 0 Å². The molecule has 1 saturated carbocycles. The summed E-state index contributed by atoms with van der Waals surface area (Å²) in [6, 6.07) is 5.82. The number of benzene rings is 1. The molecule has 0 bridgehead atoms. The minimum atomic E-state index is -0.369. The van der Waals surface area contributed by atoms with E-state index in [0.29, 0.717) is 6.04 Å². The SMILES string of the molecule is Cc1ccc(NC(=O)C(C)N(C)CC(=O)NC2CC2)cc1C. The van der Waals surface area contributed by atoms with Gasteiger partial charge in [0.2, 0.25) is 11.8 Å². The summed E-state index contributed by atoms with van der Waals surface area (Å²) in [6.45, 7) is 6.09. The summed E-state index contributed by atoms with van der Waals surface area (Å²) in [7, 11) is 1.79.